The molecule has 9 nitrogen and oxygen atoms in total. The smallest absolute Gasteiger partial charge is 0.306 e. The fourth-order valence-corrected chi connectivity index (χ4v) is 4.92. The molecule has 0 aliphatic heterocycles. The summed E-state index contributed by atoms with van der Waals surface area (Å²) in [6, 6.07) is 1.90. The zero-order valence-electron chi connectivity index (χ0n) is 14.9. The maximum Gasteiger partial charge on any atom is 0.306 e. The molecule has 142 valence electrons. The molecular formula is C18H16N6O3S. The van der Waals surface area contributed by atoms with Crippen LogP contribution in [0.3, 0.4) is 0 Å². The number of aromatic nitrogens is 5. The van der Waals surface area contributed by atoms with Crippen molar-refractivity contribution in [3.8, 4) is 5.88 Å². The number of methoxy groups -OCH3 is 1. The molecule has 4 heterocycles. The lowest BCUT2D eigenvalue weighted by molar-refractivity contribution is -0.142. The number of nitrogens with zero attached hydrogens (tertiary/aromatic N) is 4. The Bertz CT molecular complexity index is 1220. The van der Waals surface area contributed by atoms with Crippen LogP contribution in [0.5, 0.6) is 5.88 Å². The minimum absolute atomic E-state index is 0.335. The lowest BCUT2D eigenvalue weighted by atomic mass is 9.88. The fraction of sp³-hybridized carbons (Fsp3) is 0.278. The number of rotatable bonds is 4. The summed E-state index contributed by atoms with van der Waals surface area (Å²) < 4.78 is 5.41. The van der Waals surface area contributed by atoms with Gasteiger partial charge in [-0.1, -0.05) is 0 Å². The molecule has 0 bridgehead atoms. The Kier molecular flexibility index (Phi) is 3.86. The maximum atomic E-state index is 11.4. The van der Waals surface area contributed by atoms with E-state index in [4.69, 9.17) is 4.74 Å². The lowest BCUT2D eigenvalue weighted by Gasteiger charge is -2.18. The number of aromatic amines is 1. The van der Waals surface area contributed by atoms with Crippen LogP contribution in [-0.2, 0) is 17.6 Å². The number of nitrogens with one attached hydrogen (secondary N) is 2. The van der Waals surface area contributed by atoms with Crippen molar-refractivity contribution in [3.05, 3.63) is 29.0 Å². The van der Waals surface area contributed by atoms with Crippen LogP contribution in [0.25, 0.3) is 21.3 Å². The molecular weight excluding hydrogens is 380 g/mol. The molecule has 5 rings (SSSR count). The minimum atomic E-state index is -0.739. The second kappa shape index (κ2) is 6.41. The number of carboxylic acid groups (broad SMARTS) is 1. The van der Waals surface area contributed by atoms with Crippen LogP contribution < -0.4 is 10.1 Å². The van der Waals surface area contributed by atoms with Gasteiger partial charge in [0.05, 0.1) is 24.6 Å². The maximum absolute atomic E-state index is 11.4. The van der Waals surface area contributed by atoms with Gasteiger partial charge in [0.25, 0.3) is 0 Å². The fourth-order valence-electron chi connectivity index (χ4n) is 3.65. The van der Waals surface area contributed by atoms with Crippen LogP contribution in [-0.4, -0.2) is 43.3 Å². The Morgan fingerprint density at radius 2 is 2.32 bits per heavy atom. The van der Waals surface area contributed by atoms with Crippen molar-refractivity contribution in [3.63, 3.8) is 0 Å². The van der Waals surface area contributed by atoms with Gasteiger partial charge in [-0.3, -0.25) is 9.89 Å². The van der Waals surface area contributed by atoms with E-state index in [-0.39, 0.29) is 5.92 Å². The van der Waals surface area contributed by atoms with Crippen LogP contribution >= 0.6 is 11.3 Å². The van der Waals surface area contributed by atoms with E-state index >= 15 is 0 Å². The van der Waals surface area contributed by atoms with Crippen molar-refractivity contribution < 1.29 is 14.6 Å². The number of hydrogen-bond donors (Lipinski definition) is 3. The predicted octanol–water partition coefficient (Wildman–Crippen LogP) is 2.90. The topological polar surface area (TPSA) is 126 Å². The van der Waals surface area contributed by atoms with E-state index in [9.17, 15) is 9.90 Å². The van der Waals surface area contributed by atoms with E-state index in [1.165, 1.54) is 6.33 Å². The first-order valence-electron chi connectivity index (χ1n) is 8.77. The quantitative estimate of drug-likeness (QED) is 0.481. The number of anilines is 2. The summed E-state index contributed by atoms with van der Waals surface area (Å²) in [6.07, 6.45) is 5.06. The van der Waals surface area contributed by atoms with Gasteiger partial charge in [0, 0.05) is 10.3 Å². The molecule has 1 unspecified atom stereocenters. The summed E-state index contributed by atoms with van der Waals surface area (Å²) in [7, 11) is 1.56. The Morgan fingerprint density at radius 1 is 1.43 bits per heavy atom. The molecule has 10 heteroatoms. The Labute approximate surface area is 162 Å². The normalized spacial score (nSPS) is 16.2. The van der Waals surface area contributed by atoms with Crippen molar-refractivity contribution in [2.75, 3.05) is 12.4 Å². The summed E-state index contributed by atoms with van der Waals surface area (Å²) in [5, 5.41) is 21.3. The number of carbonyl (C=O) groups is 1. The van der Waals surface area contributed by atoms with Gasteiger partial charge in [0.1, 0.15) is 22.7 Å². The van der Waals surface area contributed by atoms with Crippen LogP contribution in [0, 0.1) is 5.92 Å². The number of ether oxygens (including phenoxy) is 1. The summed E-state index contributed by atoms with van der Waals surface area (Å²) in [5.74, 6) is 0.0206. The van der Waals surface area contributed by atoms with Gasteiger partial charge in [-0.05, 0) is 30.9 Å². The van der Waals surface area contributed by atoms with Gasteiger partial charge in [-0.25, -0.2) is 9.97 Å². The second-order valence-corrected chi connectivity index (χ2v) is 7.75. The Morgan fingerprint density at radius 3 is 3.14 bits per heavy atom. The number of hydrogen-bond acceptors (Lipinski definition) is 8. The number of H-pyrrole nitrogens is 1. The lowest BCUT2D eigenvalue weighted by Crippen LogP contribution is -2.21. The van der Waals surface area contributed by atoms with Crippen LogP contribution in [0.1, 0.15) is 16.9 Å². The van der Waals surface area contributed by atoms with Crippen LogP contribution in [0.2, 0.25) is 0 Å². The average molecular weight is 396 g/mol. The molecule has 0 saturated carbocycles. The second-order valence-electron chi connectivity index (χ2n) is 6.66. The molecule has 0 amide bonds. The number of aliphatic carboxylic acids is 1. The van der Waals surface area contributed by atoms with Crippen LogP contribution in [0.15, 0.2) is 18.6 Å². The Hall–Kier alpha value is -3.27. The molecule has 1 atom stereocenters. The van der Waals surface area contributed by atoms with E-state index in [1.54, 1.807) is 24.6 Å². The van der Waals surface area contributed by atoms with Crippen molar-refractivity contribution in [2.45, 2.75) is 19.3 Å². The third-order valence-corrected chi connectivity index (χ3v) is 6.19. The highest BCUT2D eigenvalue weighted by atomic mass is 32.1. The van der Waals surface area contributed by atoms with E-state index in [1.807, 2.05) is 6.07 Å². The zero-order chi connectivity index (χ0) is 19.3. The van der Waals surface area contributed by atoms with E-state index in [2.05, 4.69) is 30.5 Å². The molecule has 0 aromatic carbocycles. The molecule has 0 saturated heterocycles. The molecule has 0 spiro atoms. The first-order valence-corrected chi connectivity index (χ1v) is 9.59. The van der Waals surface area contributed by atoms with Gasteiger partial charge < -0.3 is 15.2 Å². The zero-order valence-corrected chi connectivity index (χ0v) is 15.7. The van der Waals surface area contributed by atoms with Gasteiger partial charge in [0.15, 0.2) is 5.65 Å². The monoisotopic (exact) mass is 396 g/mol. The molecule has 0 radical (unpaired) electrons. The largest absolute Gasteiger partial charge is 0.481 e. The summed E-state index contributed by atoms with van der Waals surface area (Å²) in [4.78, 5) is 26.6. The van der Waals surface area contributed by atoms with Crippen molar-refractivity contribution in [1.29, 1.82) is 0 Å². The van der Waals surface area contributed by atoms with Crippen molar-refractivity contribution in [2.24, 2.45) is 5.92 Å². The van der Waals surface area contributed by atoms with E-state index in [0.29, 0.717) is 42.3 Å². The van der Waals surface area contributed by atoms with Gasteiger partial charge >= 0.3 is 5.97 Å². The number of pyridine rings is 1. The number of fused-ring (bicyclic) bond motifs is 4. The van der Waals surface area contributed by atoms with Gasteiger partial charge in [0.2, 0.25) is 5.88 Å². The number of carboxylic acids is 1. The highest BCUT2D eigenvalue weighted by molar-refractivity contribution is 7.19. The number of aryl methyl sites for hydroxylation is 1. The molecule has 3 N–H and O–H groups in total. The third kappa shape index (κ3) is 2.64. The molecule has 1 aliphatic rings. The van der Waals surface area contributed by atoms with Crippen LogP contribution in [0.4, 0.5) is 11.5 Å². The first kappa shape index (κ1) is 16.9. The molecule has 4 aromatic rings. The highest BCUT2D eigenvalue weighted by Gasteiger charge is 2.29. The molecule has 4 aromatic heterocycles. The molecule has 0 fully saturated rings. The van der Waals surface area contributed by atoms with E-state index in [0.717, 1.165) is 26.0 Å². The Balaban J connectivity index is 1.60. The third-order valence-electron chi connectivity index (χ3n) is 5.03. The van der Waals surface area contributed by atoms with Gasteiger partial charge in [-0.15, -0.1) is 11.3 Å². The minimum Gasteiger partial charge on any atom is -0.481 e. The van der Waals surface area contributed by atoms with Crippen molar-refractivity contribution >= 4 is 50.1 Å². The van der Waals surface area contributed by atoms with Crippen molar-refractivity contribution in [1.82, 2.24) is 25.1 Å². The summed E-state index contributed by atoms with van der Waals surface area (Å²) in [5.41, 5.74) is 2.45. The van der Waals surface area contributed by atoms with Gasteiger partial charge in [-0.2, -0.15) is 10.1 Å². The predicted molar refractivity (Wildman–Crippen MR) is 104 cm³/mol. The highest BCUT2D eigenvalue weighted by Crippen LogP contribution is 2.41. The first-order chi connectivity index (χ1) is 13.6. The SMILES string of the molecule is COc1nc2[nH]ncc2cc1Nc1ncnc2sc3c(c12)CCC(C(=O)O)C3. The average Bonchev–Trinajstić information content (AvgIpc) is 3.30. The number of thiophene rings is 1. The molecule has 1 aliphatic carbocycles. The van der Waals surface area contributed by atoms with E-state index < -0.39 is 5.97 Å². The standard InChI is InChI=1S/C18H16N6O3S/c1-27-16-11(4-9-6-21-24-14(9)23-16)22-15-13-10-3-2-8(18(25)26)5-12(10)28-17(13)20-7-19-15/h4,6-8H,2-3,5H2,1H3,(H,25,26)(H,19,20,22)(H,21,23,24). The summed E-state index contributed by atoms with van der Waals surface area (Å²) >= 11 is 1.54. The molecule has 28 heavy (non-hydrogen) atoms. The summed E-state index contributed by atoms with van der Waals surface area (Å²) in [6.45, 7) is 0.